The number of benzene rings is 1. The minimum atomic E-state index is -0.186. The van der Waals surface area contributed by atoms with Gasteiger partial charge in [0, 0.05) is 24.7 Å². The zero-order valence-electron chi connectivity index (χ0n) is 14.1. The van der Waals surface area contributed by atoms with Gasteiger partial charge in [-0.3, -0.25) is 9.59 Å². The van der Waals surface area contributed by atoms with Crippen LogP contribution in [0.4, 0.5) is 5.69 Å². The molecule has 1 saturated heterocycles. The van der Waals surface area contributed by atoms with Gasteiger partial charge in [-0.05, 0) is 56.3 Å². The van der Waals surface area contributed by atoms with Crippen LogP contribution in [-0.4, -0.2) is 49.0 Å². The summed E-state index contributed by atoms with van der Waals surface area (Å²) in [5.74, 6) is 1.35. The van der Waals surface area contributed by atoms with Crippen LogP contribution in [0.3, 0.4) is 0 Å². The van der Waals surface area contributed by atoms with Gasteiger partial charge in [0.2, 0.25) is 0 Å². The predicted octanol–water partition coefficient (Wildman–Crippen LogP) is 2.04. The predicted molar refractivity (Wildman–Crippen MR) is 97.5 cm³/mol. The Kier molecular flexibility index (Phi) is 5.49. The molecule has 3 aliphatic rings. The maximum Gasteiger partial charge on any atom is 0.262 e. The van der Waals surface area contributed by atoms with Crippen molar-refractivity contribution in [2.75, 3.05) is 31.6 Å². The van der Waals surface area contributed by atoms with Gasteiger partial charge >= 0.3 is 0 Å². The van der Waals surface area contributed by atoms with Crippen LogP contribution in [0.1, 0.15) is 36.0 Å². The number of hydrogen-bond acceptors (Lipinski definition) is 4. The summed E-state index contributed by atoms with van der Waals surface area (Å²) >= 11 is 0. The molecule has 0 unspecified atom stereocenters. The van der Waals surface area contributed by atoms with Crippen molar-refractivity contribution in [1.82, 2.24) is 10.2 Å². The molecule has 0 aromatic heterocycles. The van der Waals surface area contributed by atoms with E-state index in [1.165, 1.54) is 12.8 Å². The second-order valence-electron chi connectivity index (χ2n) is 6.97. The fraction of sp³-hybridized carbons (Fsp3) is 0.556. The Labute approximate surface area is 153 Å². The first-order valence-corrected chi connectivity index (χ1v) is 8.78. The van der Waals surface area contributed by atoms with E-state index in [1.807, 2.05) is 4.90 Å². The zero-order chi connectivity index (χ0) is 16.5. The maximum atomic E-state index is 12.7. The number of anilines is 1. The third-order valence-electron chi connectivity index (χ3n) is 5.03. The third kappa shape index (κ3) is 4.25. The van der Waals surface area contributed by atoms with E-state index in [2.05, 4.69) is 10.6 Å². The maximum absolute atomic E-state index is 12.7. The van der Waals surface area contributed by atoms with Crippen LogP contribution in [0.15, 0.2) is 18.2 Å². The van der Waals surface area contributed by atoms with Crippen LogP contribution in [-0.2, 0) is 4.79 Å². The average molecular weight is 366 g/mol. The van der Waals surface area contributed by atoms with Gasteiger partial charge in [0.15, 0.2) is 6.61 Å². The number of carbonyl (C=O) groups is 2. The van der Waals surface area contributed by atoms with E-state index < -0.39 is 0 Å². The van der Waals surface area contributed by atoms with E-state index in [0.717, 1.165) is 38.4 Å². The number of carbonyl (C=O) groups excluding carboxylic acids is 2. The van der Waals surface area contributed by atoms with Crippen molar-refractivity contribution in [1.29, 1.82) is 0 Å². The fourth-order valence-corrected chi connectivity index (χ4v) is 3.34. The Morgan fingerprint density at radius 3 is 2.72 bits per heavy atom. The molecule has 1 aliphatic carbocycles. The molecular weight excluding hydrogens is 342 g/mol. The Bertz CT molecular complexity index is 655. The smallest absolute Gasteiger partial charge is 0.262 e. The van der Waals surface area contributed by atoms with Gasteiger partial charge in [-0.15, -0.1) is 12.4 Å². The molecule has 6 nitrogen and oxygen atoms in total. The number of ether oxygens (including phenoxy) is 1. The summed E-state index contributed by atoms with van der Waals surface area (Å²) < 4.78 is 5.34. The highest BCUT2D eigenvalue weighted by molar-refractivity contribution is 5.99. The summed E-state index contributed by atoms with van der Waals surface area (Å²) in [5.41, 5.74) is 1.18. The molecule has 136 valence electrons. The number of nitrogens with zero attached hydrogens (tertiary/aromatic N) is 1. The molecule has 2 fully saturated rings. The minimum absolute atomic E-state index is 0. The molecular formula is C18H24ClN3O3. The fourth-order valence-electron chi connectivity index (χ4n) is 3.34. The van der Waals surface area contributed by atoms with Crippen LogP contribution in [0.2, 0.25) is 0 Å². The molecule has 25 heavy (non-hydrogen) atoms. The number of halogens is 1. The van der Waals surface area contributed by atoms with Gasteiger partial charge in [-0.1, -0.05) is 0 Å². The quantitative estimate of drug-likeness (QED) is 0.856. The molecule has 1 saturated carbocycles. The summed E-state index contributed by atoms with van der Waals surface area (Å²) in [5, 5.41) is 6.38. The second-order valence-corrected chi connectivity index (χ2v) is 6.97. The number of piperidine rings is 1. The topological polar surface area (TPSA) is 70.7 Å². The summed E-state index contributed by atoms with van der Waals surface area (Å²) in [7, 11) is 0. The Balaban J connectivity index is 0.00000182. The minimum Gasteiger partial charge on any atom is -0.482 e. The largest absolute Gasteiger partial charge is 0.482 e. The number of rotatable bonds is 4. The van der Waals surface area contributed by atoms with Crippen molar-refractivity contribution in [3.8, 4) is 5.75 Å². The van der Waals surface area contributed by atoms with Crippen LogP contribution in [0.5, 0.6) is 5.75 Å². The van der Waals surface area contributed by atoms with Gasteiger partial charge in [-0.2, -0.15) is 0 Å². The number of nitrogens with one attached hydrogen (secondary N) is 2. The van der Waals surface area contributed by atoms with Crippen LogP contribution in [0, 0.1) is 5.92 Å². The van der Waals surface area contributed by atoms with E-state index in [1.54, 1.807) is 18.2 Å². The van der Waals surface area contributed by atoms with Crippen molar-refractivity contribution in [3.05, 3.63) is 23.8 Å². The second kappa shape index (κ2) is 7.62. The van der Waals surface area contributed by atoms with E-state index in [-0.39, 0.29) is 30.8 Å². The highest BCUT2D eigenvalue weighted by atomic mass is 35.5. The van der Waals surface area contributed by atoms with Gasteiger partial charge in [0.1, 0.15) is 5.75 Å². The molecule has 4 rings (SSSR count). The normalized spacial score (nSPS) is 20.2. The molecule has 2 amide bonds. The Morgan fingerprint density at radius 2 is 2.00 bits per heavy atom. The van der Waals surface area contributed by atoms with Gasteiger partial charge in [0.25, 0.3) is 11.8 Å². The molecule has 0 radical (unpaired) electrons. The van der Waals surface area contributed by atoms with E-state index in [9.17, 15) is 9.59 Å². The first-order valence-electron chi connectivity index (χ1n) is 8.78. The molecule has 1 aromatic carbocycles. The highest BCUT2D eigenvalue weighted by Crippen LogP contribution is 2.30. The summed E-state index contributed by atoms with van der Waals surface area (Å²) in [4.78, 5) is 26.0. The molecule has 2 N–H and O–H groups in total. The SMILES string of the molecule is Cl.O=C1COc2ccc(C(=O)N3CCC(NCC4CC4)CC3)cc2N1. The van der Waals surface area contributed by atoms with Gasteiger partial charge in [-0.25, -0.2) is 0 Å². The molecule has 2 aliphatic heterocycles. The first-order chi connectivity index (χ1) is 11.7. The molecule has 2 heterocycles. The van der Waals surface area contributed by atoms with Crippen LogP contribution < -0.4 is 15.4 Å². The van der Waals surface area contributed by atoms with Crippen molar-refractivity contribution in [2.45, 2.75) is 31.7 Å². The average Bonchev–Trinajstić information content (AvgIpc) is 3.43. The monoisotopic (exact) mass is 365 g/mol. The lowest BCUT2D eigenvalue weighted by molar-refractivity contribution is -0.118. The standard InChI is InChI=1S/C18H23N3O3.ClH/c22-17-11-24-16-4-3-13(9-15(16)20-17)18(23)21-7-5-14(6-8-21)19-10-12-1-2-12;/h3-4,9,12,14,19H,1-2,5-8,10-11H2,(H,20,22);1H. The Morgan fingerprint density at radius 1 is 1.24 bits per heavy atom. The lowest BCUT2D eigenvalue weighted by atomic mass is 10.0. The van der Waals surface area contributed by atoms with E-state index in [4.69, 9.17) is 4.74 Å². The summed E-state index contributed by atoms with van der Waals surface area (Å²) in [6.07, 6.45) is 4.73. The Hall–Kier alpha value is -1.79. The number of likely N-dealkylation sites (tertiary alicyclic amines) is 1. The van der Waals surface area contributed by atoms with Crippen molar-refractivity contribution in [2.24, 2.45) is 5.92 Å². The van der Waals surface area contributed by atoms with Gasteiger partial charge < -0.3 is 20.3 Å². The molecule has 0 atom stereocenters. The van der Waals surface area contributed by atoms with Crippen molar-refractivity contribution in [3.63, 3.8) is 0 Å². The molecule has 7 heteroatoms. The molecule has 0 spiro atoms. The number of amides is 2. The summed E-state index contributed by atoms with van der Waals surface area (Å²) in [6, 6.07) is 5.78. The van der Waals surface area contributed by atoms with E-state index >= 15 is 0 Å². The number of hydrogen-bond donors (Lipinski definition) is 2. The summed E-state index contributed by atoms with van der Waals surface area (Å²) in [6.45, 7) is 2.72. The number of fused-ring (bicyclic) bond motifs is 1. The molecule has 0 bridgehead atoms. The molecule has 1 aromatic rings. The lowest BCUT2D eigenvalue weighted by Gasteiger charge is -2.33. The lowest BCUT2D eigenvalue weighted by Crippen LogP contribution is -2.45. The van der Waals surface area contributed by atoms with Crippen LogP contribution in [0.25, 0.3) is 0 Å². The third-order valence-corrected chi connectivity index (χ3v) is 5.03. The van der Waals surface area contributed by atoms with Crippen LogP contribution >= 0.6 is 12.4 Å². The highest BCUT2D eigenvalue weighted by Gasteiger charge is 2.27. The van der Waals surface area contributed by atoms with Crippen molar-refractivity contribution < 1.29 is 14.3 Å². The van der Waals surface area contributed by atoms with Gasteiger partial charge in [0.05, 0.1) is 5.69 Å². The van der Waals surface area contributed by atoms with Crippen molar-refractivity contribution >= 4 is 29.9 Å². The first kappa shape index (κ1) is 18.0. The zero-order valence-corrected chi connectivity index (χ0v) is 14.9. The van der Waals surface area contributed by atoms with E-state index in [0.29, 0.717) is 23.0 Å².